The van der Waals surface area contributed by atoms with Gasteiger partial charge in [-0.15, -0.1) is 0 Å². The van der Waals surface area contributed by atoms with Crippen molar-refractivity contribution >= 4 is 29.1 Å². The number of hydrogen-bond acceptors (Lipinski definition) is 3. The Morgan fingerprint density at radius 1 is 1.16 bits per heavy atom. The number of benzene rings is 2. The number of carbonyl (C=O) groups is 1. The van der Waals surface area contributed by atoms with E-state index in [-0.39, 0.29) is 18.3 Å². The van der Waals surface area contributed by atoms with Crippen LogP contribution in [-0.4, -0.2) is 31.1 Å². The van der Waals surface area contributed by atoms with Gasteiger partial charge in [0, 0.05) is 24.7 Å². The summed E-state index contributed by atoms with van der Waals surface area (Å²) < 4.78 is 33.9. The van der Waals surface area contributed by atoms with E-state index in [9.17, 15) is 13.6 Å². The van der Waals surface area contributed by atoms with Crippen LogP contribution in [0, 0.1) is 0 Å². The third kappa shape index (κ3) is 6.07. The molecule has 0 heterocycles. The number of ether oxygens (including phenoxy) is 2. The fourth-order valence-corrected chi connectivity index (χ4v) is 2.31. The maximum absolute atomic E-state index is 12.1. The second-order valence-electron chi connectivity index (χ2n) is 5.14. The van der Waals surface area contributed by atoms with Gasteiger partial charge >= 0.3 is 6.61 Å². The standard InChI is InChI=1S/C17H15Cl2F2NO3/c1-22(9-11-2-5-13(6-3-11)25-17(20)21)16(23)10-24-15-8-12(18)4-7-14(15)19/h2-8,17H,9-10H2,1H3. The summed E-state index contributed by atoms with van der Waals surface area (Å²) in [6.45, 7) is -2.78. The molecular weight excluding hydrogens is 375 g/mol. The van der Waals surface area contributed by atoms with Gasteiger partial charge in [0.1, 0.15) is 11.5 Å². The normalized spacial score (nSPS) is 10.6. The molecule has 0 bridgehead atoms. The average Bonchev–Trinajstić information content (AvgIpc) is 2.56. The van der Waals surface area contributed by atoms with E-state index in [1.165, 1.54) is 23.1 Å². The zero-order valence-electron chi connectivity index (χ0n) is 13.2. The number of nitrogens with zero attached hydrogens (tertiary/aromatic N) is 1. The first-order valence-electron chi connectivity index (χ1n) is 7.20. The number of alkyl halides is 2. The van der Waals surface area contributed by atoms with Gasteiger partial charge < -0.3 is 14.4 Å². The van der Waals surface area contributed by atoms with Gasteiger partial charge in [-0.2, -0.15) is 8.78 Å². The number of halogens is 4. The maximum Gasteiger partial charge on any atom is 0.387 e. The zero-order chi connectivity index (χ0) is 18.4. The van der Waals surface area contributed by atoms with Crippen molar-refractivity contribution in [3.8, 4) is 11.5 Å². The molecule has 1 amide bonds. The summed E-state index contributed by atoms with van der Waals surface area (Å²) in [6, 6.07) is 10.8. The van der Waals surface area contributed by atoms with E-state index in [0.717, 1.165) is 5.56 Å². The Kier molecular flexibility index (Phi) is 6.84. The van der Waals surface area contributed by atoms with Crippen molar-refractivity contribution in [2.75, 3.05) is 13.7 Å². The van der Waals surface area contributed by atoms with Crippen LogP contribution in [0.3, 0.4) is 0 Å². The second-order valence-corrected chi connectivity index (χ2v) is 5.98. The summed E-state index contributed by atoms with van der Waals surface area (Å²) in [7, 11) is 1.61. The van der Waals surface area contributed by atoms with Gasteiger partial charge in [0.25, 0.3) is 5.91 Å². The van der Waals surface area contributed by atoms with E-state index in [4.69, 9.17) is 27.9 Å². The summed E-state index contributed by atoms with van der Waals surface area (Å²) in [4.78, 5) is 13.6. The maximum atomic E-state index is 12.1. The quantitative estimate of drug-likeness (QED) is 0.692. The summed E-state index contributed by atoms with van der Waals surface area (Å²) in [5.74, 6) is 0.111. The molecular formula is C17H15Cl2F2NO3. The lowest BCUT2D eigenvalue weighted by Gasteiger charge is -2.18. The molecule has 2 aromatic carbocycles. The molecule has 8 heteroatoms. The minimum Gasteiger partial charge on any atom is -0.482 e. The van der Waals surface area contributed by atoms with Crippen molar-refractivity contribution in [2.24, 2.45) is 0 Å². The van der Waals surface area contributed by atoms with E-state index in [2.05, 4.69) is 4.74 Å². The van der Waals surface area contributed by atoms with Gasteiger partial charge in [-0.1, -0.05) is 35.3 Å². The fraction of sp³-hybridized carbons (Fsp3) is 0.235. The molecule has 2 rings (SSSR count). The first kappa shape index (κ1) is 19.3. The Labute approximate surface area is 153 Å². The van der Waals surface area contributed by atoms with Gasteiger partial charge in [0.2, 0.25) is 0 Å². The number of rotatable bonds is 7. The van der Waals surface area contributed by atoms with E-state index >= 15 is 0 Å². The van der Waals surface area contributed by atoms with Crippen molar-refractivity contribution in [1.29, 1.82) is 0 Å². The van der Waals surface area contributed by atoms with Crippen LogP contribution in [-0.2, 0) is 11.3 Å². The van der Waals surface area contributed by atoms with Gasteiger partial charge in [0.15, 0.2) is 6.61 Å². The molecule has 134 valence electrons. The zero-order valence-corrected chi connectivity index (χ0v) is 14.7. The van der Waals surface area contributed by atoms with Crippen LogP contribution in [0.25, 0.3) is 0 Å². The first-order chi connectivity index (χ1) is 11.8. The van der Waals surface area contributed by atoms with Crippen LogP contribution in [0.1, 0.15) is 5.56 Å². The molecule has 0 fully saturated rings. The van der Waals surface area contributed by atoms with Crippen LogP contribution in [0.5, 0.6) is 11.5 Å². The molecule has 0 saturated carbocycles. The summed E-state index contributed by atoms with van der Waals surface area (Å²) in [5.41, 5.74) is 0.762. The molecule has 0 radical (unpaired) electrons. The summed E-state index contributed by atoms with van der Waals surface area (Å²) in [5, 5.41) is 0.806. The van der Waals surface area contributed by atoms with Crippen molar-refractivity contribution in [3.63, 3.8) is 0 Å². The van der Waals surface area contributed by atoms with Crippen LogP contribution in [0.4, 0.5) is 8.78 Å². The van der Waals surface area contributed by atoms with Crippen LogP contribution < -0.4 is 9.47 Å². The van der Waals surface area contributed by atoms with Crippen LogP contribution >= 0.6 is 23.2 Å². The predicted octanol–water partition coefficient (Wildman–Crippen LogP) is 4.63. The Morgan fingerprint density at radius 3 is 2.48 bits per heavy atom. The van der Waals surface area contributed by atoms with Gasteiger partial charge in [0.05, 0.1) is 5.02 Å². The summed E-state index contributed by atoms with van der Waals surface area (Å²) >= 11 is 11.8. The van der Waals surface area contributed by atoms with E-state index in [1.807, 2.05) is 0 Å². The molecule has 0 spiro atoms. The van der Waals surface area contributed by atoms with E-state index in [0.29, 0.717) is 22.3 Å². The molecule has 0 N–H and O–H groups in total. The van der Waals surface area contributed by atoms with E-state index in [1.54, 1.807) is 31.3 Å². The van der Waals surface area contributed by atoms with Crippen molar-refractivity contribution in [3.05, 3.63) is 58.1 Å². The minimum absolute atomic E-state index is 0.0617. The molecule has 0 saturated heterocycles. The topological polar surface area (TPSA) is 38.8 Å². The monoisotopic (exact) mass is 389 g/mol. The highest BCUT2D eigenvalue weighted by atomic mass is 35.5. The SMILES string of the molecule is CN(Cc1ccc(OC(F)F)cc1)C(=O)COc1cc(Cl)ccc1Cl. The molecule has 0 unspecified atom stereocenters. The third-order valence-electron chi connectivity index (χ3n) is 3.24. The molecule has 4 nitrogen and oxygen atoms in total. The van der Waals surface area contributed by atoms with Gasteiger partial charge in [-0.05, 0) is 29.8 Å². The van der Waals surface area contributed by atoms with Gasteiger partial charge in [-0.25, -0.2) is 0 Å². The molecule has 0 aliphatic heterocycles. The lowest BCUT2D eigenvalue weighted by Crippen LogP contribution is -2.31. The lowest BCUT2D eigenvalue weighted by atomic mass is 10.2. The first-order valence-corrected chi connectivity index (χ1v) is 7.96. The summed E-state index contributed by atoms with van der Waals surface area (Å²) in [6.07, 6.45) is 0. The third-order valence-corrected chi connectivity index (χ3v) is 3.79. The number of likely N-dealkylation sites (N-methyl/N-ethyl adjacent to an activating group) is 1. The fourth-order valence-electron chi connectivity index (χ4n) is 1.98. The Bertz CT molecular complexity index is 726. The molecule has 25 heavy (non-hydrogen) atoms. The van der Waals surface area contributed by atoms with Crippen LogP contribution in [0.15, 0.2) is 42.5 Å². The molecule has 2 aromatic rings. The van der Waals surface area contributed by atoms with Gasteiger partial charge in [-0.3, -0.25) is 4.79 Å². The minimum atomic E-state index is -2.87. The highest BCUT2D eigenvalue weighted by Crippen LogP contribution is 2.27. The molecule has 0 atom stereocenters. The van der Waals surface area contributed by atoms with E-state index < -0.39 is 6.61 Å². The Morgan fingerprint density at radius 2 is 1.84 bits per heavy atom. The lowest BCUT2D eigenvalue weighted by molar-refractivity contribution is -0.132. The number of hydrogen-bond donors (Lipinski definition) is 0. The smallest absolute Gasteiger partial charge is 0.387 e. The number of carbonyl (C=O) groups excluding carboxylic acids is 1. The molecule has 0 aliphatic rings. The van der Waals surface area contributed by atoms with Crippen LogP contribution in [0.2, 0.25) is 10.0 Å². The highest BCUT2D eigenvalue weighted by Gasteiger charge is 2.12. The van der Waals surface area contributed by atoms with Crippen molar-refractivity contribution < 1.29 is 23.0 Å². The predicted molar refractivity (Wildman–Crippen MR) is 91.5 cm³/mol. The number of amides is 1. The molecule has 0 aromatic heterocycles. The largest absolute Gasteiger partial charge is 0.482 e. The second kappa shape index (κ2) is 8.87. The highest BCUT2D eigenvalue weighted by molar-refractivity contribution is 6.34. The van der Waals surface area contributed by atoms with Crippen molar-refractivity contribution in [2.45, 2.75) is 13.2 Å². The average molecular weight is 390 g/mol. The van der Waals surface area contributed by atoms with Crippen molar-refractivity contribution in [1.82, 2.24) is 4.90 Å². The molecule has 0 aliphatic carbocycles. The Hall–Kier alpha value is -2.05. The Balaban J connectivity index is 1.88.